The number of amides is 8. The van der Waals surface area contributed by atoms with E-state index < -0.39 is 107 Å². The Labute approximate surface area is 398 Å². The fraction of sp³-hybridized carbons (Fsp3) is 0.571. The number of benzene rings is 2. The van der Waals surface area contributed by atoms with Crippen molar-refractivity contribution >= 4 is 53.2 Å². The monoisotopic (exact) mass is 947 g/mol. The molecule has 2 bridgehead atoms. The molecule has 8 atom stereocenters. The minimum atomic E-state index is -1.69. The van der Waals surface area contributed by atoms with Crippen LogP contribution in [0.4, 0.5) is 0 Å². The van der Waals surface area contributed by atoms with Crippen molar-refractivity contribution in [1.29, 1.82) is 0 Å². The van der Waals surface area contributed by atoms with Crippen LogP contribution < -0.4 is 32.3 Å². The molecule has 2 fully saturated rings. The zero-order valence-electron chi connectivity index (χ0n) is 40.4. The molecule has 0 unspecified atom stereocenters. The highest BCUT2D eigenvalue weighted by Gasteiger charge is 2.42. The second-order valence-corrected chi connectivity index (χ2v) is 19.1. The number of rotatable bonds is 15. The van der Waals surface area contributed by atoms with E-state index in [0.717, 1.165) is 5.56 Å². The quantitative estimate of drug-likeness (QED) is 0.125. The highest BCUT2D eigenvalue weighted by molar-refractivity contribution is 5.97. The average molecular weight is 947 g/mol. The molecule has 8 N–H and O–H groups in total. The third-order valence-corrected chi connectivity index (χ3v) is 12.1. The van der Waals surface area contributed by atoms with E-state index in [1.807, 2.05) is 19.9 Å². The number of hydrogen-bond donors (Lipinski definition) is 7. The summed E-state index contributed by atoms with van der Waals surface area (Å²) in [5, 5.41) is 23.6. The largest absolute Gasteiger partial charge is 0.508 e. The first-order valence-electron chi connectivity index (χ1n) is 23.4. The van der Waals surface area contributed by atoms with Crippen molar-refractivity contribution in [3.63, 3.8) is 0 Å². The van der Waals surface area contributed by atoms with Crippen molar-refractivity contribution < 1.29 is 53.0 Å². The van der Waals surface area contributed by atoms with Crippen molar-refractivity contribution in [1.82, 2.24) is 36.4 Å². The Hall–Kier alpha value is -6.53. The summed E-state index contributed by atoms with van der Waals surface area (Å²) in [6.45, 7) is 12.1. The van der Waals surface area contributed by atoms with Gasteiger partial charge in [-0.25, -0.2) is 4.79 Å². The van der Waals surface area contributed by atoms with Gasteiger partial charge in [0.15, 0.2) is 0 Å². The van der Waals surface area contributed by atoms with Crippen molar-refractivity contribution in [2.45, 2.75) is 136 Å². The van der Waals surface area contributed by atoms with E-state index in [1.165, 1.54) is 35.9 Å². The maximum atomic E-state index is 14.7. The highest BCUT2D eigenvalue weighted by atomic mass is 16.5. The summed E-state index contributed by atoms with van der Waals surface area (Å²) in [6, 6.07) is 7.04. The van der Waals surface area contributed by atoms with E-state index in [9.17, 15) is 48.3 Å². The molecule has 372 valence electrons. The Balaban J connectivity index is 1.81. The predicted molar refractivity (Wildman–Crippen MR) is 251 cm³/mol. The Morgan fingerprint density at radius 2 is 1.44 bits per heavy atom. The number of nitrogens with one attached hydrogen (secondary N) is 5. The Kier molecular flexibility index (Phi) is 19.9. The summed E-state index contributed by atoms with van der Waals surface area (Å²) in [6.07, 6.45) is -1.56. The fourth-order valence-electron chi connectivity index (χ4n) is 8.25. The number of carbonyl (C=O) groups is 9. The van der Waals surface area contributed by atoms with Gasteiger partial charge >= 0.3 is 5.97 Å². The molecule has 0 saturated carbocycles. The van der Waals surface area contributed by atoms with E-state index in [1.54, 1.807) is 64.1 Å². The third kappa shape index (κ3) is 15.8. The van der Waals surface area contributed by atoms with E-state index >= 15 is 0 Å². The van der Waals surface area contributed by atoms with Gasteiger partial charge in [0.2, 0.25) is 47.3 Å². The summed E-state index contributed by atoms with van der Waals surface area (Å²) >= 11 is 0. The Morgan fingerprint density at radius 3 is 2.04 bits per heavy atom. The number of aromatic hydroxyl groups is 1. The molecule has 2 aliphatic heterocycles. The van der Waals surface area contributed by atoms with Crippen molar-refractivity contribution in [2.75, 3.05) is 20.1 Å². The first-order chi connectivity index (χ1) is 32.0. The van der Waals surface area contributed by atoms with E-state index in [2.05, 4.69) is 26.6 Å². The van der Waals surface area contributed by atoms with Crippen molar-refractivity contribution in [3.05, 3.63) is 65.7 Å². The van der Waals surface area contributed by atoms with Crippen LogP contribution in [0, 0.1) is 23.7 Å². The number of ether oxygens (including phenoxy) is 1. The van der Waals surface area contributed by atoms with Gasteiger partial charge in [-0.05, 0) is 67.2 Å². The lowest BCUT2D eigenvalue weighted by Gasteiger charge is -2.34. The number of nitrogens with two attached hydrogens (primary N) is 1. The summed E-state index contributed by atoms with van der Waals surface area (Å²) in [5.74, 6) is -8.01. The topological polar surface area (TPSA) is 276 Å². The normalized spacial score (nSPS) is 24.0. The van der Waals surface area contributed by atoms with Crippen LogP contribution in [0.2, 0.25) is 0 Å². The SMILES string of the molecule is CC(C)CC(=O)N[C@@H](CCC(N)=O)C(=O)N[C@@H]1C(=O)N[C@@H](CC(C)C)C(=O)N2CC[C@H](C2)C(=O)N[C@@H](Cc2ccccc2)C(=O)N(C)[C@@H](Cc2ccc(O)cc2)C(=O)N[C@@H](C(C)C)C(=O)O[C@@H]1C. The lowest BCUT2D eigenvalue weighted by atomic mass is 9.98. The van der Waals surface area contributed by atoms with E-state index in [4.69, 9.17) is 10.5 Å². The van der Waals surface area contributed by atoms with Gasteiger partial charge in [0.1, 0.15) is 48.1 Å². The van der Waals surface area contributed by atoms with Gasteiger partial charge in [-0.3, -0.25) is 38.4 Å². The molecule has 19 heteroatoms. The Bertz CT molecular complexity index is 2120. The van der Waals surface area contributed by atoms with Crippen molar-refractivity contribution in [3.8, 4) is 5.75 Å². The molecule has 2 aromatic rings. The number of phenols is 1. The van der Waals surface area contributed by atoms with Gasteiger partial charge in [-0.2, -0.15) is 0 Å². The molecule has 2 heterocycles. The smallest absolute Gasteiger partial charge is 0.329 e. The molecule has 0 aromatic heterocycles. The van der Waals surface area contributed by atoms with Crippen LogP contribution in [0.3, 0.4) is 0 Å². The van der Waals surface area contributed by atoms with Gasteiger partial charge in [-0.1, -0.05) is 84.0 Å². The predicted octanol–water partition coefficient (Wildman–Crippen LogP) is 1.24. The zero-order valence-corrected chi connectivity index (χ0v) is 40.4. The second-order valence-electron chi connectivity index (χ2n) is 19.1. The molecule has 2 aliphatic rings. The number of primary amides is 1. The van der Waals surface area contributed by atoms with Gasteiger partial charge in [0, 0.05) is 45.8 Å². The molecule has 2 saturated heterocycles. The molecule has 19 nitrogen and oxygen atoms in total. The minimum absolute atomic E-state index is 0.0240. The number of hydrogen-bond acceptors (Lipinski definition) is 11. The summed E-state index contributed by atoms with van der Waals surface area (Å²) < 4.78 is 5.91. The molecule has 0 aliphatic carbocycles. The molecule has 68 heavy (non-hydrogen) atoms. The van der Waals surface area contributed by atoms with Crippen LogP contribution in [0.5, 0.6) is 5.75 Å². The number of cyclic esters (lactones) is 1. The maximum absolute atomic E-state index is 14.7. The van der Waals surface area contributed by atoms with Crippen LogP contribution in [0.15, 0.2) is 54.6 Å². The number of likely N-dealkylation sites (N-methyl/N-ethyl adjacent to an activating group) is 1. The van der Waals surface area contributed by atoms with Gasteiger partial charge in [0.05, 0.1) is 5.92 Å². The van der Waals surface area contributed by atoms with Gasteiger partial charge < -0.3 is 52.0 Å². The standard InChI is InChI=1S/C49H70N8O11/c1-27(2)22-36-48(66)57-21-20-33(26-57)43(61)52-37(24-31-12-10-9-11-13-31)47(65)56(8)38(25-32-14-16-34(58)17-15-32)45(63)54-41(29(5)6)49(67)68-30(7)42(46(64)53-36)55-44(62)35(18-19-39(50)59)51-40(60)23-28(3)4/h9-17,27-30,33,35-38,41-42,58H,18-26H2,1-8H3,(H2,50,59)(H,51,60)(H,52,61)(H,53,64)(H,54,63)(H,55,62)/t30-,33-,35+,36+,37+,38+,41+,42+/m1/s1. The maximum Gasteiger partial charge on any atom is 0.329 e. The first-order valence-corrected chi connectivity index (χ1v) is 23.4. The average Bonchev–Trinajstić information content (AvgIpc) is 3.77. The van der Waals surface area contributed by atoms with Gasteiger partial charge in [-0.15, -0.1) is 0 Å². The number of phenolic OH excluding ortho intramolecular Hbond substituents is 1. The number of carbonyl (C=O) groups excluding carboxylic acids is 9. The fourth-order valence-corrected chi connectivity index (χ4v) is 8.25. The molecule has 4 rings (SSSR count). The summed E-state index contributed by atoms with van der Waals surface area (Å²) in [7, 11) is 1.42. The van der Waals surface area contributed by atoms with E-state index in [-0.39, 0.29) is 75.6 Å². The second kappa shape index (κ2) is 25.0. The lowest BCUT2D eigenvalue weighted by molar-refractivity contribution is -0.158. The molecule has 2 aromatic carbocycles. The summed E-state index contributed by atoms with van der Waals surface area (Å²) in [5.41, 5.74) is 6.69. The molecule has 0 radical (unpaired) electrons. The molecular weight excluding hydrogens is 877 g/mol. The molecule has 8 amide bonds. The zero-order chi connectivity index (χ0) is 50.4. The first kappa shape index (κ1) is 54.1. The third-order valence-electron chi connectivity index (χ3n) is 12.1. The van der Waals surface area contributed by atoms with Crippen LogP contribution in [0.1, 0.15) is 91.7 Å². The van der Waals surface area contributed by atoms with Crippen molar-refractivity contribution in [2.24, 2.45) is 29.4 Å². The van der Waals surface area contributed by atoms with Crippen LogP contribution in [0.25, 0.3) is 0 Å². The van der Waals surface area contributed by atoms with Crippen LogP contribution in [-0.4, -0.2) is 131 Å². The van der Waals surface area contributed by atoms with Gasteiger partial charge in [0.25, 0.3) is 0 Å². The number of nitrogens with zero attached hydrogens (tertiary/aromatic N) is 2. The Morgan fingerprint density at radius 1 is 0.809 bits per heavy atom. The molecular formula is C49H70N8O11. The summed E-state index contributed by atoms with van der Waals surface area (Å²) in [4.78, 5) is 128. The molecule has 0 spiro atoms. The van der Waals surface area contributed by atoms with Crippen LogP contribution >= 0.6 is 0 Å². The van der Waals surface area contributed by atoms with E-state index in [0.29, 0.717) is 5.56 Å². The van der Waals surface area contributed by atoms with Crippen LogP contribution in [-0.2, 0) is 60.7 Å². The number of esters is 1. The highest BCUT2D eigenvalue weighted by Crippen LogP contribution is 2.22. The number of fused-ring (bicyclic) bond motifs is 2. The minimum Gasteiger partial charge on any atom is -0.508 e. The lowest BCUT2D eigenvalue weighted by Crippen LogP contribution is -2.61.